The maximum Gasteiger partial charge on any atom is 0.0785 e. The summed E-state index contributed by atoms with van der Waals surface area (Å²) >= 11 is 5.81. The predicted molar refractivity (Wildman–Crippen MR) is 66.6 cm³/mol. The van der Waals surface area contributed by atoms with Crippen molar-refractivity contribution in [2.75, 3.05) is 19.6 Å². The third kappa shape index (κ3) is 3.21. The monoisotopic (exact) mass is 252 g/mol. The van der Waals surface area contributed by atoms with E-state index in [0.29, 0.717) is 5.02 Å². The van der Waals surface area contributed by atoms with Crippen molar-refractivity contribution in [3.05, 3.63) is 17.4 Å². The summed E-state index contributed by atoms with van der Waals surface area (Å²) in [4.78, 5) is 2.38. The van der Waals surface area contributed by atoms with Crippen molar-refractivity contribution in [2.45, 2.75) is 26.3 Å². The fraction of sp³-hybridized carbons (Fsp3) is 0.667. The molecule has 2 heterocycles. The average molecular weight is 253 g/mol. The van der Waals surface area contributed by atoms with Gasteiger partial charge in [0.2, 0.25) is 0 Å². The molecule has 1 aromatic heterocycles. The van der Waals surface area contributed by atoms with Crippen molar-refractivity contribution < 1.29 is 0 Å². The molecule has 5 heteroatoms. The summed E-state index contributed by atoms with van der Waals surface area (Å²) in [6, 6.07) is 2.42. The van der Waals surface area contributed by atoms with Crippen LogP contribution in [0, 0.1) is 16.7 Å². The van der Waals surface area contributed by atoms with Crippen LogP contribution in [0.5, 0.6) is 0 Å². The molecule has 1 saturated heterocycles. The van der Waals surface area contributed by atoms with Crippen LogP contribution in [0.2, 0.25) is 5.02 Å². The zero-order valence-electron chi connectivity index (χ0n) is 10.1. The molecular weight excluding hydrogens is 236 g/mol. The molecule has 1 aliphatic rings. The van der Waals surface area contributed by atoms with Crippen molar-refractivity contribution in [1.29, 1.82) is 5.26 Å². The Morgan fingerprint density at radius 3 is 2.71 bits per heavy atom. The van der Waals surface area contributed by atoms with E-state index in [9.17, 15) is 0 Å². The van der Waals surface area contributed by atoms with Crippen molar-refractivity contribution in [3.63, 3.8) is 0 Å². The van der Waals surface area contributed by atoms with Crippen LogP contribution in [0.25, 0.3) is 0 Å². The molecule has 0 aromatic carbocycles. The Morgan fingerprint density at radius 2 is 2.18 bits per heavy atom. The fourth-order valence-electron chi connectivity index (χ4n) is 2.09. The smallest absolute Gasteiger partial charge is 0.0785 e. The first-order valence-corrected chi connectivity index (χ1v) is 6.31. The van der Waals surface area contributed by atoms with Gasteiger partial charge in [0, 0.05) is 12.7 Å². The van der Waals surface area contributed by atoms with Crippen LogP contribution in [0.15, 0.2) is 12.4 Å². The second-order valence-corrected chi connectivity index (χ2v) is 5.37. The number of halogens is 1. The molecule has 17 heavy (non-hydrogen) atoms. The van der Waals surface area contributed by atoms with Crippen LogP contribution in [0.4, 0.5) is 0 Å². The summed E-state index contributed by atoms with van der Waals surface area (Å²) in [6.45, 7) is 5.88. The van der Waals surface area contributed by atoms with Crippen LogP contribution in [-0.4, -0.2) is 34.3 Å². The molecule has 0 amide bonds. The van der Waals surface area contributed by atoms with Gasteiger partial charge in [-0.05, 0) is 32.9 Å². The lowest BCUT2D eigenvalue weighted by molar-refractivity contribution is 0.151. The van der Waals surface area contributed by atoms with Crippen molar-refractivity contribution >= 4 is 11.6 Å². The molecule has 1 aliphatic heterocycles. The number of rotatable bonds is 3. The third-order valence-corrected chi connectivity index (χ3v) is 3.67. The van der Waals surface area contributed by atoms with Gasteiger partial charge in [-0.25, -0.2) is 0 Å². The molecule has 0 aliphatic carbocycles. The number of hydrogen-bond donors (Lipinski definition) is 0. The van der Waals surface area contributed by atoms with Crippen molar-refractivity contribution in [1.82, 2.24) is 14.7 Å². The highest BCUT2D eigenvalue weighted by Crippen LogP contribution is 2.29. The summed E-state index contributed by atoms with van der Waals surface area (Å²) in [7, 11) is 0. The van der Waals surface area contributed by atoms with Gasteiger partial charge in [-0.15, -0.1) is 0 Å². The molecule has 0 radical (unpaired) electrons. The van der Waals surface area contributed by atoms with E-state index in [1.807, 2.05) is 10.9 Å². The molecule has 0 N–H and O–H groups in total. The van der Waals surface area contributed by atoms with Gasteiger partial charge in [-0.3, -0.25) is 4.68 Å². The Morgan fingerprint density at radius 1 is 1.47 bits per heavy atom. The zero-order chi connectivity index (χ0) is 12.3. The van der Waals surface area contributed by atoms with Gasteiger partial charge in [-0.1, -0.05) is 11.6 Å². The van der Waals surface area contributed by atoms with Crippen LogP contribution in [0.3, 0.4) is 0 Å². The van der Waals surface area contributed by atoms with E-state index < -0.39 is 0 Å². The minimum absolute atomic E-state index is 0.120. The van der Waals surface area contributed by atoms with Gasteiger partial charge in [0.1, 0.15) is 0 Å². The molecule has 0 unspecified atom stereocenters. The van der Waals surface area contributed by atoms with Gasteiger partial charge in [0.05, 0.1) is 29.2 Å². The van der Waals surface area contributed by atoms with Gasteiger partial charge in [0.15, 0.2) is 0 Å². The second-order valence-electron chi connectivity index (χ2n) is 4.94. The SMILES string of the molecule is CC1(C#N)CCN(CCn2cc(Cl)cn2)CC1. The van der Waals surface area contributed by atoms with Crippen molar-refractivity contribution in [3.8, 4) is 6.07 Å². The Hall–Kier alpha value is -1.05. The number of piperidine rings is 1. The predicted octanol–water partition coefficient (Wildman–Crippen LogP) is 2.16. The van der Waals surface area contributed by atoms with Crippen molar-refractivity contribution in [2.24, 2.45) is 5.41 Å². The Bertz CT molecular complexity index is 412. The van der Waals surface area contributed by atoms with E-state index in [-0.39, 0.29) is 5.41 Å². The first-order chi connectivity index (χ1) is 8.11. The lowest BCUT2D eigenvalue weighted by Gasteiger charge is -2.34. The van der Waals surface area contributed by atoms with E-state index in [1.54, 1.807) is 6.20 Å². The van der Waals surface area contributed by atoms with Crippen LogP contribution >= 0.6 is 11.6 Å². The van der Waals surface area contributed by atoms with Gasteiger partial charge < -0.3 is 4.90 Å². The summed E-state index contributed by atoms with van der Waals surface area (Å²) in [6.07, 6.45) is 5.42. The highest BCUT2D eigenvalue weighted by molar-refractivity contribution is 6.30. The molecule has 1 aromatic rings. The van der Waals surface area contributed by atoms with Crippen LogP contribution < -0.4 is 0 Å². The minimum Gasteiger partial charge on any atom is -0.301 e. The maximum absolute atomic E-state index is 9.05. The molecule has 0 atom stereocenters. The first kappa shape index (κ1) is 12.4. The Labute approximate surface area is 107 Å². The van der Waals surface area contributed by atoms with Crippen LogP contribution in [-0.2, 0) is 6.54 Å². The van der Waals surface area contributed by atoms with E-state index in [2.05, 4.69) is 23.0 Å². The lowest BCUT2D eigenvalue weighted by atomic mass is 9.82. The lowest BCUT2D eigenvalue weighted by Crippen LogP contribution is -2.39. The number of hydrogen-bond acceptors (Lipinski definition) is 3. The number of nitriles is 1. The quantitative estimate of drug-likeness (QED) is 0.828. The highest BCUT2D eigenvalue weighted by atomic mass is 35.5. The van der Waals surface area contributed by atoms with Gasteiger partial charge in [0.25, 0.3) is 0 Å². The van der Waals surface area contributed by atoms with E-state index in [4.69, 9.17) is 16.9 Å². The van der Waals surface area contributed by atoms with E-state index in [0.717, 1.165) is 39.0 Å². The second kappa shape index (κ2) is 5.07. The molecule has 2 rings (SSSR count). The number of nitrogens with zero attached hydrogens (tertiary/aromatic N) is 4. The topological polar surface area (TPSA) is 44.9 Å². The summed E-state index contributed by atoms with van der Waals surface area (Å²) < 4.78 is 1.86. The molecule has 0 bridgehead atoms. The normalized spacial score (nSPS) is 20.1. The Balaban J connectivity index is 1.77. The first-order valence-electron chi connectivity index (χ1n) is 5.93. The fourth-order valence-corrected chi connectivity index (χ4v) is 2.24. The van der Waals surface area contributed by atoms with Gasteiger partial charge in [-0.2, -0.15) is 10.4 Å². The van der Waals surface area contributed by atoms with Crippen LogP contribution in [0.1, 0.15) is 19.8 Å². The molecular formula is C12H17ClN4. The molecule has 4 nitrogen and oxygen atoms in total. The maximum atomic E-state index is 9.05. The van der Waals surface area contributed by atoms with Gasteiger partial charge >= 0.3 is 0 Å². The van der Waals surface area contributed by atoms with E-state index >= 15 is 0 Å². The standard InChI is InChI=1S/C12H17ClN4/c1-12(10-14)2-4-16(5-3-12)6-7-17-9-11(13)8-15-17/h8-9H,2-7H2,1H3. The molecule has 0 spiro atoms. The molecule has 0 saturated carbocycles. The number of aromatic nitrogens is 2. The molecule has 1 fully saturated rings. The third-order valence-electron chi connectivity index (χ3n) is 3.48. The highest BCUT2D eigenvalue weighted by Gasteiger charge is 2.29. The minimum atomic E-state index is -0.120. The number of likely N-dealkylation sites (tertiary alicyclic amines) is 1. The van der Waals surface area contributed by atoms with E-state index in [1.165, 1.54) is 0 Å². The average Bonchev–Trinajstić information content (AvgIpc) is 2.75. The zero-order valence-corrected chi connectivity index (χ0v) is 10.8. The summed E-state index contributed by atoms with van der Waals surface area (Å²) in [5.74, 6) is 0. The molecule has 92 valence electrons. The Kier molecular flexibility index (Phi) is 3.70. The largest absolute Gasteiger partial charge is 0.301 e. The summed E-state index contributed by atoms with van der Waals surface area (Å²) in [5, 5.41) is 13.9. The summed E-state index contributed by atoms with van der Waals surface area (Å²) in [5.41, 5.74) is -0.120.